The van der Waals surface area contributed by atoms with Crippen LogP contribution in [0.3, 0.4) is 0 Å². The molecule has 3 heterocycles. The molecule has 0 N–H and O–H groups in total. The summed E-state index contributed by atoms with van der Waals surface area (Å²) in [5, 5.41) is 8.03. The zero-order valence-electron chi connectivity index (χ0n) is 22.0. The average molecular weight is 549 g/mol. The van der Waals surface area contributed by atoms with Gasteiger partial charge in [0.25, 0.3) is 0 Å². The molecule has 1 saturated heterocycles. The van der Waals surface area contributed by atoms with Gasteiger partial charge in [-0.2, -0.15) is 0 Å². The molecule has 1 aliphatic rings. The van der Waals surface area contributed by atoms with Gasteiger partial charge in [0.2, 0.25) is 0 Å². The highest BCUT2D eigenvalue weighted by Crippen LogP contribution is 2.26. The molecular formula is C26H34F2N6O3S. The fourth-order valence-electron chi connectivity index (χ4n) is 4.42. The summed E-state index contributed by atoms with van der Waals surface area (Å²) < 4.78 is 61.0. The Morgan fingerprint density at radius 2 is 1.87 bits per heavy atom. The molecule has 12 heteroatoms. The largest absolute Gasteiger partial charge is 0.377 e. The smallest absolute Gasteiger partial charge is 0.156 e. The number of benzene rings is 1. The standard InChI is InChI=1S/C26H34F2N6O3S/c1-4-13-38(35,36)18-20-5-6-23(27)26(25(20)28)34-17-24(30-31-34)21-14-22(16-29-15-21)33-9-7-32(8-10-33)11-12-37-19(2)3/h5-6,14-17,19H,4,7-13,18H2,1-3H3. The number of sulfone groups is 1. The van der Waals surface area contributed by atoms with Gasteiger partial charge in [0, 0.05) is 50.0 Å². The van der Waals surface area contributed by atoms with Gasteiger partial charge in [0.05, 0.1) is 42.3 Å². The zero-order chi connectivity index (χ0) is 27.3. The van der Waals surface area contributed by atoms with Crippen LogP contribution in [0.4, 0.5) is 14.5 Å². The number of anilines is 1. The first-order chi connectivity index (χ1) is 18.2. The van der Waals surface area contributed by atoms with E-state index in [0.717, 1.165) is 55.2 Å². The molecule has 2 aromatic heterocycles. The Morgan fingerprint density at radius 1 is 1.11 bits per heavy atom. The van der Waals surface area contributed by atoms with Gasteiger partial charge in [0.15, 0.2) is 21.5 Å². The number of pyridine rings is 1. The summed E-state index contributed by atoms with van der Waals surface area (Å²) in [7, 11) is -3.51. The van der Waals surface area contributed by atoms with E-state index in [1.807, 2.05) is 19.9 Å². The summed E-state index contributed by atoms with van der Waals surface area (Å²) in [5.74, 6) is -2.41. The van der Waals surface area contributed by atoms with Crippen LogP contribution in [0.1, 0.15) is 32.8 Å². The fraction of sp³-hybridized carbons (Fsp3) is 0.500. The van der Waals surface area contributed by atoms with Crippen molar-refractivity contribution in [3.8, 4) is 16.9 Å². The fourth-order valence-corrected chi connectivity index (χ4v) is 5.88. The number of rotatable bonds is 11. The number of ether oxygens (including phenoxy) is 1. The molecule has 0 atom stereocenters. The van der Waals surface area contributed by atoms with Gasteiger partial charge in [-0.05, 0) is 32.4 Å². The first kappa shape index (κ1) is 28.1. The van der Waals surface area contributed by atoms with Crippen LogP contribution in [0.15, 0.2) is 36.8 Å². The van der Waals surface area contributed by atoms with Crippen molar-refractivity contribution in [2.24, 2.45) is 0 Å². The van der Waals surface area contributed by atoms with Crippen molar-refractivity contribution in [3.63, 3.8) is 0 Å². The van der Waals surface area contributed by atoms with E-state index in [1.165, 1.54) is 6.20 Å². The molecule has 3 aromatic rings. The van der Waals surface area contributed by atoms with Crippen molar-refractivity contribution < 1.29 is 21.9 Å². The summed E-state index contributed by atoms with van der Waals surface area (Å²) in [6, 6.07) is 4.14. The number of halogens is 2. The third-order valence-corrected chi connectivity index (χ3v) is 8.16. The van der Waals surface area contributed by atoms with Crippen molar-refractivity contribution in [3.05, 3.63) is 54.0 Å². The second-order valence-electron chi connectivity index (χ2n) is 9.69. The van der Waals surface area contributed by atoms with E-state index in [2.05, 4.69) is 25.1 Å². The highest BCUT2D eigenvalue weighted by Gasteiger charge is 2.22. The number of nitrogens with zero attached hydrogens (tertiary/aromatic N) is 6. The number of piperazine rings is 1. The lowest BCUT2D eigenvalue weighted by Crippen LogP contribution is -2.47. The maximum atomic E-state index is 15.2. The minimum atomic E-state index is -3.51. The van der Waals surface area contributed by atoms with Gasteiger partial charge < -0.3 is 9.64 Å². The second kappa shape index (κ2) is 12.3. The van der Waals surface area contributed by atoms with Crippen molar-refractivity contribution >= 4 is 15.5 Å². The second-order valence-corrected chi connectivity index (χ2v) is 11.9. The molecule has 0 amide bonds. The van der Waals surface area contributed by atoms with E-state index >= 15 is 4.39 Å². The molecule has 1 fully saturated rings. The lowest BCUT2D eigenvalue weighted by Gasteiger charge is -2.36. The third-order valence-electron chi connectivity index (χ3n) is 6.38. The quantitative estimate of drug-likeness (QED) is 0.360. The SMILES string of the molecule is CCCS(=O)(=O)Cc1ccc(F)c(-n2cc(-c3cncc(N4CCN(CCOC(C)C)CC4)c3)nn2)c1F. The van der Waals surface area contributed by atoms with E-state index < -0.39 is 32.9 Å². The van der Waals surface area contributed by atoms with Crippen LogP contribution in [0.5, 0.6) is 0 Å². The number of aromatic nitrogens is 4. The summed E-state index contributed by atoms with van der Waals surface area (Å²) in [6.07, 6.45) is 5.46. The van der Waals surface area contributed by atoms with E-state index in [4.69, 9.17) is 4.74 Å². The van der Waals surface area contributed by atoms with Gasteiger partial charge in [0.1, 0.15) is 11.4 Å². The maximum absolute atomic E-state index is 15.2. The third kappa shape index (κ3) is 6.91. The van der Waals surface area contributed by atoms with Gasteiger partial charge >= 0.3 is 0 Å². The summed E-state index contributed by atoms with van der Waals surface area (Å²) >= 11 is 0. The Bertz CT molecular complexity index is 1340. The highest BCUT2D eigenvalue weighted by atomic mass is 32.2. The van der Waals surface area contributed by atoms with Crippen LogP contribution in [-0.2, 0) is 20.3 Å². The Labute approximate surface area is 222 Å². The molecule has 0 bridgehead atoms. The summed E-state index contributed by atoms with van der Waals surface area (Å²) in [4.78, 5) is 8.95. The highest BCUT2D eigenvalue weighted by molar-refractivity contribution is 7.90. The van der Waals surface area contributed by atoms with Crippen LogP contribution in [0.2, 0.25) is 0 Å². The Kier molecular flexibility index (Phi) is 9.06. The molecule has 0 aliphatic carbocycles. The number of hydrogen-bond acceptors (Lipinski definition) is 8. The summed E-state index contributed by atoms with van der Waals surface area (Å²) in [6.45, 7) is 10.9. The molecule has 38 heavy (non-hydrogen) atoms. The first-order valence-corrected chi connectivity index (χ1v) is 14.6. The molecule has 0 radical (unpaired) electrons. The van der Waals surface area contributed by atoms with Crippen molar-refractivity contribution in [1.82, 2.24) is 24.9 Å². The predicted molar refractivity (Wildman–Crippen MR) is 142 cm³/mol. The molecule has 4 rings (SSSR count). The molecule has 0 saturated carbocycles. The van der Waals surface area contributed by atoms with Gasteiger partial charge in [-0.1, -0.05) is 18.2 Å². The normalized spacial score (nSPS) is 14.9. The summed E-state index contributed by atoms with van der Waals surface area (Å²) in [5.41, 5.74) is 1.41. The van der Waals surface area contributed by atoms with E-state index in [0.29, 0.717) is 24.3 Å². The van der Waals surface area contributed by atoms with Gasteiger partial charge in [-0.15, -0.1) is 5.10 Å². The van der Waals surface area contributed by atoms with Crippen LogP contribution in [0, 0.1) is 11.6 Å². The van der Waals surface area contributed by atoms with Gasteiger partial charge in [-0.25, -0.2) is 21.9 Å². The minimum Gasteiger partial charge on any atom is -0.377 e. The molecule has 206 valence electrons. The maximum Gasteiger partial charge on any atom is 0.156 e. The van der Waals surface area contributed by atoms with E-state index in [1.54, 1.807) is 19.3 Å². The van der Waals surface area contributed by atoms with E-state index in [-0.39, 0.29) is 17.4 Å². The first-order valence-electron chi connectivity index (χ1n) is 12.8. The molecule has 1 aromatic carbocycles. The monoisotopic (exact) mass is 548 g/mol. The van der Waals surface area contributed by atoms with Crippen LogP contribution >= 0.6 is 0 Å². The molecule has 0 unspecified atom stereocenters. The van der Waals surface area contributed by atoms with Crippen molar-refractivity contribution in [2.75, 3.05) is 50.0 Å². The predicted octanol–water partition coefficient (Wildman–Crippen LogP) is 3.48. The van der Waals surface area contributed by atoms with Gasteiger partial charge in [-0.3, -0.25) is 9.88 Å². The number of hydrogen-bond donors (Lipinski definition) is 0. The Morgan fingerprint density at radius 3 is 2.58 bits per heavy atom. The molecule has 9 nitrogen and oxygen atoms in total. The Balaban J connectivity index is 1.49. The average Bonchev–Trinajstić information content (AvgIpc) is 3.36. The molecule has 0 spiro atoms. The zero-order valence-corrected chi connectivity index (χ0v) is 22.8. The molecular weight excluding hydrogens is 514 g/mol. The Hall–Kier alpha value is -2.96. The van der Waals surface area contributed by atoms with Crippen LogP contribution in [0.25, 0.3) is 16.9 Å². The van der Waals surface area contributed by atoms with Crippen LogP contribution < -0.4 is 4.90 Å². The molecule has 1 aliphatic heterocycles. The van der Waals surface area contributed by atoms with Crippen molar-refractivity contribution in [1.29, 1.82) is 0 Å². The minimum absolute atomic E-state index is 0.0719. The topological polar surface area (TPSA) is 93.5 Å². The lowest BCUT2D eigenvalue weighted by atomic mass is 10.2. The van der Waals surface area contributed by atoms with E-state index in [9.17, 15) is 12.8 Å². The van der Waals surface area contributed by atoms with Crippen molar-refractivity contribution in [2.45, 2.75) is 39.0 Å². The lowest BCUT2D eigenvalue weighted by molar-refractivity contribution is 0.0579. The van der Waals surface area contributed by atoms with Crippen LogP contribution in [-0.4, -0.2) is 84.5 Å².